The summed E-state index contributed by atoms with van der Waals surface area (Å²) in [6, 6.07) is 12.8. The predicted octanol–water partition coefficient (Wildman–Crippen LogP) is 1.22. The molecule has 2 aromatic rings. The summed E-state index contributed by atoms with van der Waals surface area (Å²) in [5, 5.41) is 5.26. The van der Waals surface area contributed by atoms with Gasteiger partial charge >= 0.3 is 0 Å². The second kappa shape index (κ2) is 5.62. The van der Waals surface area contributed by atoms with E-state index >= 15 is 0 Å². The van der Waals surface area contributed by atoms with Crippen LogP contribution in [0.25, 0.3) is 0 Å². The fourth-order valence-electron chi connectivity index (χ4n) is 2.11. The first-order valence-corrected chi connectivity index (χ1v) is 6.57. The summed E-state index contributed by atoms with van der Waals surface area (Å²) in [6.45, 7) is -0.0458. The first-order valence-electron chi connectivity index (χ1n) is 6.57. The van der Waals surface area contributed by atoms with Gasteiger partial charge in [0.05, 0.1) is 11.9 Å². The molecular formula is C15H14N4O2. The SMILES string of the molecule is O=C1CN(c2ccccc2)C(=O)CN1/N=C/c1ccc[nH]1. The van der Waals surface area contributed by atoms with Gasteiger partial charge in [0, 0.05) is 11.9 Å². The monoisotopic (exact) mass is 282 g/mol. The van der Waals surface area contributed by atoms with Crippen molar-refractivity contribution in [3.05, 3.63) is 54.4 Å². The molecule has 0 saturated carbocycles. The molecule has 21 heavy (non-hydrogen) atoms. The minimum atomic E-state index is -0.207. The van der Waals surface area contributed by atoms with Crippen LogP contribution in [0.3, 0.4) is 0 Å². The van der Waals surface area contributed by atoms with Crippen LogP contribution in [-0.4, -0.2) is 41.1 Å². The molecular weight excluding hydrogens is 268 g/mol. The van der Waals surface area contributed by atoms with Crippen LogP contribution >= 0.6 is 0 Å². The van der Waals surface area contributed by atoms with Gasteiger partial charge in [-0.2, -0.15) is 5.10 Å². The molecule has 0 atom stereocenters. The van der Waals surface area contributed by atoms with Crippen molar-refractivity contribution in [3.8, 4) is 0 Å². The van der Waals surface area contributed by atoms with Crippen LogP contribution in [0.1, 0.15) is 5.69 Å². The molecule has 0 spiro atoms. The Bertz CT molecular complexity index is 664. The van der Waals surface area contributed by atoms with Gasteiger partial charge in [0.15, 0.2) is 0 Å². The number of benzene rings is 1. The highest BCUT2D eigenvalue weighted by atomic mass is 16.2. The Hall–Kier alpha value is -2.89. The van der Waals surface area contributed by atoms with Gasteiger partial charge in [-0.05, 0) is 24.3 Å². The molecule has 0 unspecified atom stereocenters. The molecule has 0 bridgehead atoms. The number of aromatic nitrogens is 1. The van der Waals surface area contributed by atoms with Crippen LogP contribution in [0.5, 0.6) is 0 Å². The topological polar surface area (TPSA) is 68.8 Å². The number of amides is 2. The van der Waals surface area contributed by atoms with Crippen LogP contribution in [-0.2, 0) is 9.59 Å². The van der Waals surface area contributed by atoms with Crippen molar-refractivity contribution in [2.24, 2.45) is 5.10 Å². The molecule has 6 heteroatoms. The van der Waals surface area contributed by atoms with Gasteiger partial charge in [-0.15, -0.1) is 0 Å². The Kier molecular flexibility index (Phi) is 3.51. The highest BCUT2D eigenvalue weighted by Crippen LogP contribution is 2.17. The lowest BCUT2D eigenvalue weighted by molar-refractivity contribution is -0.138. The van der Waals surface area contributed by atoms with E-state index in [0.717, 1.165) is 11.4 Å². The molecule has 1 N–H and O–H groups in total. The molecule has 3 rings (SSSR count). The normalized spacial score (nSPS) is 16.0. The fraction of sp³-hybridized carbons (Fsp3) is 0.133. The number of rotatable bonds is 3. The number of hydrogen-bond donors (Lipinski definition) is 1. The van der Waals surface area contributed by atoms with Crippen molar-refractivity contribution >= 4 is 23.7 Å². The van der Waals surface area contributed by atoms with E-state index in [1.807, 2.05) is 42.5 Å². The van der Waals surface area contributed by atoms with Crippen LogP contribution in [0.15, 0.2) is 53.8 Å². The number of nitrogens with zero attached hydrogens (tertiary/aromatic N) is 3. The molecule has 1 aliphatic heterocycles. The Morgan fingerprint density at radius 3 is 2.52 bits per heavy atom. The van der Waals surface area contributed by atoms with E-state index in [4.69, 9.17) is 0 Å². The van der Waals surface area contributed by atoms with E-state index < -0.39 is 0 Å². The summed E-state index contributed by atoms with van der Waals surface area (Å²) in [7, 11) is 0. The Morgan fingerprint density at radius 1 is 1.00 bits per heavy atom. The number of carbonyl (C=O) groups is 2. The third kappa shape index (κ3) is 2.84. The van der Waals surface area contributed by atoms with Crippen molar-refractivity contribution in [2.45, 2.75) is 0 Å². The average Bonchev–Trinajstić information content (AvgIpc) is 3.02. The highest BCUT2D eigenvalue weighted by molar-refractivity contribution is 6.04. The number of aromatic amines is 1. The summed E-state index contributed by atoms with van der Waals surface area (Å²) in [5.41, 5.74) is 1.50. The number of hydrogen-bond acceptors (Lipinski definition) is 3. The minimum absolute atomic E-state index is 0.00487. The van der Waals surface area contributed by atoms with Crippen molar-refractivity contribution in [1.29, 1.82) is 0 Å². The zero-order chi connectivity index (χ0) is 14.7. The minimum Gasteiger partial charge on any atom is -0.360 e. The van der Waals surface area contributed by atoms with Gasteiger partial charge < -0.3 is 9.88 Å². The van der Waals surface area contributed by atoms with Gasteiger partial charge in [-0.3, -0.25) is 9.59 Å². The number of carbonyl (C=O) groups excluding carboxylic acids is 2. The van der Waals surface area contributed by atoms with Gasteiger partial charge in [-0.1, -0.05) is 18.2 Å². The van der Waals surface area contributed by atoms with Gasteiger partial charge in [0.2, 0.25) is 5.91 Å². The molecule has 1 saturated heterocycles. The van der Waals surface area contributed by atoms with E-state index in [9.17, 15) is 9.59 Å². The smallest absolute Gasteiger partial charge is 0.263 e. The average molecular weight is 282 g/mol. The number of nitrogens with one attached hydrogen (secondary N) is 1. The van der Waals surface area contributed by atoms with E-state index in [1.54, 1.807) is 6.20 Å². The summed E-state index contributed by atoms with van der Waals surface area (Å²) in [5.74, 6) is -0.356. The van der Waals surface area contributed by atoms with Crippen molar-refractivity contribution in [3.63, 3.8) is 0 Å². The number of H-pyrrole nitrogens is 1. The van der Waals surface area contributed by atoms with Crippen LogP contribution in [0, 0.1) is 0 Å². The molecule has 1 aromatic heterocycles. The molecule has 0 aliphatic carbocycles. The van der Waals surface area contributed by atoms with E-state index in [0.29, 0.717) is 0 Å². The quantitative estimate of drug-likeness (QED) is 0.860. The Morgan fingerprint density at radius 2 is 1.81 bits per heavy atom. The lowest BCUT2D eigenvalue weighted by Crippen LogP contribution is -2.52. The lowest BCUT2D eigenvalue weighted by atomic mass is 10.2. The number of hydrazone groups is 1. The third-order valence-electron chi connectivity index (χ3n) is 3.19. The van der Waals surface area contributed by atoms with Crippen LogP contribution in [0.2, 0.25) is 0 Å². The first kappa shape index (κ1) is 13.1. The molecule has 1 aromatic carbocycles. The maximum Gasteiger partial charge on any atom is 0.263 e. The fourth-order valence-corrected chi connectivity index (χ4v) is 2.11. The van der Waals surface area contributed by atoms with Gasteiger partial charge in [0.25, 0.3) is 5.91 Å². The number of para-hydroxylation sites is 1. The molecule has 106 valence electrons. The van der Waals surface area contributed by atoms with Crippen molar-refractivity contribution in [1.82, 2.24) is 9.99 Å². The van der Waals surface area contributed by atoms with Gasteiger partial charge in [-0.25, -0.2) is 5.01 Å². The van der Waals surface area contributed by atoms with Crippen LogP contribution < -0.4 is 4.90 Å². The maximum atomic E-state index is 12.2. The van der Waals surface area contributed by atoms with E-state index in [-0.39, 0.29) is 24.9 Å². The number of anilines is 1. The Labute approximate surface area is 121 Å². The summed E-state index contributed by atoms with van der Waals surface area (Å²) < 4.78 is 0. The zero-order valence-electron chi connectivity index (χ0n) is 11.3. The molecule has 2 amide bonds. The third-order valence-corrected chi connectivity index (χ3v) is 3.19. The van der Waals surface area contributed by atoms with E-state index in [2.05, 4.69) is 10.1 Å². The first-order chi connectivity index (χ1) is 10.2. The summed E-state index contributed by atoms with van der Waals surface area (Å²) >= 11 is 0. The second-order valence-electron chi connectivity index (χ2n) is 4.64. The zero-order valence-corrected chi connectivity index (χ0v) is 11.3. The Balaban J connectivity index is 1.73. The maximum absolute atomic E-state index is 12.2. The summed E-state index contributed by atoms with van der Waals surface area (Å²) in [4.78, 5) is 28.7. The molecule has 6 nitrogen and oxygen atoms in total. The molecule has 1 fully saturated rings. The standard InChI is InChI=1S/C15H14N4O2/c20-14-11-19(17-9-12-5-4-8-16-12)15(21)10-18(14)13-6-2-1-3-7-13/h1-9,16H,10-11H2/b17-9+. The van der Waals surface area contributed by atoms with Crippen molar-refractivity contribution < 1.29 is 9.59 Å². The van der Waals surface area contributed by atoms with Crippen LogP contribution in [0.4, 0.5) is 5.69 Å². The molecule has 0 radical (unpaired) electrons. The molecule has 2 heterocycles. The predicted molar refractivity (Wildman–Crippen MR) is 78.9 cm³/mol. The van der Waals surface area contributed by atoms with Crippen molar-refractivity contribution in [2.75, 3.05) is 18.0 Å². The molecule has 1 aliphatic rings. The van der Waals surface area contributed by atoms with Gasteiger partial charge in [0.1, 0.15) is 13.1 Å². The number of piperazine rings is 1. The second-order valence-corrected chi connectivity index (χ2v) is 4.64. The van der Waals surface area contributed by atoms with E-state index in [1.165, 1.54) is 16.1 Å². The lowest BCUT2D eigenvalue weighted by Gasteiger charge is -2.31. The summed E-state index contributed by atoms with van der Waals surface area (Å²) in [6.07, 6.45) is 3.30. The highest BCUT2D eigenvalue weighted by Gasteiger charge is 2.30. The largest absolute Gasteiger partial charge is 0.360 e.